The Morgan fingerprint density at radius 2 is 1.88 bits per heavy atom. The van der Waals surface area contributed by atoms with Crippen LogP contribution in [0.1, 0.15) is 5.82 Å². The number of hydrogen-bond donors (Lipinski definition) is 2. The molecule has 2 aromatic heterocycles. The summed E-state index contributed by atoms with van der Waals surface area (Å²) >= 11 is 2.42. The zero-order valence-electron chi connectivity index (χ0n) is 17.9. The number of thiazole rings is 1. The number of amides is 1. The first-order valence-electron chi connectivity index (χ1n) is 9.92. The van der Waals surface area contributed by atoms with E-state index in [0.29, 0.717) is 16.7 Å². The van der Waals surface area contributed by atoms with Crippen LogP contribution in [0.15, 0.2) is 76.2 Å². The van der Waals surface area contributed by atoms with Gasteiger partial charge in [0.05, 0.1) is 10.6 Å². The molecule has 10 nitrogen and oxygen atoms in total. The van der Waals surface area contributed by atoms with Gasteiger partial charge in [-0.1, -0.05) is 30.0 Å². The Bertz CT molecular complexity index is 1340. The third-order valence-electron chi connectivity index (χ3n) is 4.47. The molecule has 0 unspecified atom stereocenters. The number of para-hydroxylation sites is 1. The molecule has 0 fully saturated rings. The van der Waals surface area contributed by atoms with Gasteiger partial charge in [-0.15, -0.1) is 21.5 Å². The number of ether oxygens (including phenoxy) is 1. The van der Waals surface area contributed by atoms with E-state index in [0.717, 1.165) is 5.75 Å². The molecule has 176 valence electrons. The van der Waals surface area contributed by atoms with Crippen LogP contribution in [0.25, 0.3) is 0 Å². The number of nitrogens with one attached hydrogen (secondary N) is 2. The molecule has 2 aromatic carbocycles. The molecule has 0 aliphatic carbocycles. The lowest BCUT2D eigenvalue weighted by Crippen LogP contribution is -2.15. The van der Waals surface area contributed by atoms with Crippen LogP contribution in [0.3, 0.4) is 0 Å². The number of rotatable bonds is 10. The predicted molar refractivity (Wildman–Crippen MR) is 130 cm³/mol. The van der Waals surface area contributed by atoms with Gasteiger partial charge >= 0.3 is 0 Å². The van der Waals surface area contributed by atoms with Crippen molar-refractivity contribution >= 4 is 49.8 Å². The highest BCUT2D eigenvalue weighted by atomic mass is 32.2. The van der Waals surface area contributed by atoms with E-state index in [4.69, 9.17) is 4.74 Å². The minimum absolute atomic E-state index is 0.0689. The highest BCUT2D eigenvalue weighted by Crippen LogP contribution is 2.21. The molecular weight excluding hydrogens is 496 g/mol. The molecule has 2 heterocycles. The van der Waals surface area contributed by atoms with Crippen molar-refractivity contribution in [2.45, 2.75) is 16.7 Å². The van der Waals surface area contributed by atoms with Crippen LogP contribution in [0.5, 0.6) is 5.75 Å². The Balaban J connectivity index is 1.28. The van der Waals surface area contributed by atoms with Gasteiger partial charge in [-0.2, -0.15) is 0 Å². The molecule has 13 heteroatoms. The number of thioether (sulfide) groups is 1. The van der Waals surface area contributed by atoms with Crippen molar-refractivity contribution in [3.63, 3.8) is 0 Å². The molecular formula is C21H20N6O4S3. The second kappa shape index (κ2) is 10.7. The number of carbonyl (C=O) groups is 1. The number of benzene rings is 2. The number of nitrogens with zero attached hydrogens (tertiary/aromatic N) is 4. The summed E-state index contributed by atoms with van der Waals surface area (Å²) in [4.78, 5) is 16.3. The van der Waals surface area contributed by atoms with E-state index in [-0.39, 0.29) is 28.3 Å². The average molecular weight is 517 g/mol. The highest BCUT2D eigenvalue weighted by molar-refractivity contribution is 7.99. The summed E-state index contributed by atoms with van der Waals surface area (Å²) in [6.07, 6.45) is 1.51. The van der Waals surface area contributed by atoms with Crippen LogP contribution in [0.2, 0.25) is 0 Å². The first-order chi connectivity index (χ1) is 16.4. The lowest BCUT2D eigenvalue weighted by atomic mass is 10.3. The average Bonchev–Trinajstić information content (AvgIpc) is 3.46. The van der Waals surface area contributed by atoms with E-state index in [1.54, 1.807) is 9.95 Å². The summed E-state index contributed by atoms with van der Waals surface area (Å²) in [5.74, 6) is 1.22. The normalized spacial score (nSPS) is 11.2. The fourth-order valence-corrected chi connectivity index (χ4v) is 5.27. The number of aromatic nitrogens is 4. The highest BCUT2D eigenvalue weighted by Gasteiger charge is 2.16. The summed E-state index contributed by atoms with van der Waals surface area (Å²) in [6.45, 7) is 0.257. The Morgan fingerprint density at radius 3 is 2.59 bits per heavy atom. The molecule has 4 aromatic rings. The van der Waals surface area contributed by atoms with Crippen molar-refractivity contribution in [3.8, 4) is 5.75 Å². The first kappa shape index (κ1) is 23.7. The zero-order chi connectivity index (χ0) is 24.0. The molecule has 4 rings (SSSR count). The molecule has 0 aliphatic rings. The van der Waals surface area contributed by atoms with E-state index in [1.807, 2.05) is 37.4 Å². The van der Waals surface area contributed by atoms with Gasteiger partial charge in [0.1, 0.15) is 12.4 Å². The van der Waals surface area contributed by atoms with Crippen molar-refractivity contribution < 1.29 is 17.9 Å². The smallest absolute Gasteiger partial charge is 0.263 e. The van der Waals surface area contributed by atoms with Gasteiger partial charge in [-0.05, 0) is 36.4 Å². The van der Waals surface area contributed by atoms with Crippen LogP contribution in [-0.4, -0.2) is 39.8 Å². The second-order valence-electron chi connectivity index (χ2n) is 6.86. The maximum atomic E-state index is 12.4. The van der Waals surface area contributed by atoms with Crippen molar-refractivity contribution in [1.82, 2.24) is 19.7 Å². The fraction of sp³-hybridized carbons (Fsp3) is 0.143. The van der Waals surface area contributed by atoms with Gasteiger partial charge in [0, 0.05) is 24.3 Å². The van der Waals surface area contributed by atoms with E-state index < -0.39 is 10.0 Å². The Hall–Kier alpha value is -3.42. The Morgan fingerprint density at radius 1 is 1.12 bits per heavy atom. The molecule has 34 heavy (non-hydrogen) atoms. The zero-order valence-corrected chi connectivity index (χ0v) is 20.4. The number of carbonyl (C=O) groups excluding carboxylic acids is 1. The van der Waals surface area contributed by atoms with Crippen molar-refractivity contribution in [2.75, 3.05) is 15.8 Å². The van der Waals surface area contributed by atoms with E-state index in [2.05, 4.69) is 25.2 Å². The summed E-state index contributed by atoms with van der Waals surface area (Å²) < 4.78 is 34.7. The summed E-state index contributed by atoms with van der Waals surface area (Å²) in [5, 5.41) is 13.5. The number of anilines is 2. The van der Waals surface area contributed by atoms with Crippen LogP contribution in [-0.2, 0) is 28.5 Å². The lowest BCUT2D eigenvalue weighted by molar-refractivity contribution is -0.113. The topological polar surface area (TPSA) is 128 Å². The quantitative estimate of drug-likeness (QED) is 0.307. The number of hydrogen-bond acceptors (Lipinski definition) is 9. The molecule has 1 amide bonds. The Kier molecular flexibility index (Phi) is 7.45. The predicted octanol–water partition coefficient (Wildman–Crippen LogP) is 3.38. The van der Waals surface area contributed by atoms with Crippen LogP contribution >= 0.6 is 23.1 Å². The number of sulfonamides is 1. The van der Waals surface area contributed by atoms with Crippen molar-refractivity contribution in [1.29, 1.82) is 0 Å². The van der Waals surface area contributed by atoms with Gasteiger partial charge in [0.2, 0.25) is 5.91 Å². The van der Waals surface area contributed by atoms with Gasteiger partial charge in [-0.25, -0.2) is 13.4 Å². The molecule has 0 saturated heterocycles. The third-order valence-corrected chi connectivity index (χ3v) is 7.66. The summed E-state index contributed by atoms with van der Waals surface area (Å²) in [6, 6.07) is 15.3. The van der Waals surface area contributed by atoms with Gasteiger partial charge < -0.3 is 14.6 Å². The first-order valence-corrected chi connectivity index (χ1v) is 13.3. The monoisotopic (exact) mass is 516 g/mol. The largest absolute Gasteiger partial charge is 0.486 e. The maximum Gasteiger partial charge on any atom is 0.263 e. The van der Waals surface area contributed by atoms with Crippen molar-refractivity contribution in [3.05, 3.63) is 72.0 Å². The van der Waals surface area contributed by atoms with Crippen LogP contribution in [0, 0.1) is 0 Å². The summed E-state index contributed by atoms with van der Waals surface area (Å²) in [7, 11) is -1.94. The molecule has 0 atom stereocenters. The lowest BCUT2D eigenvalue weighted by Gasteiger charge is -2.08. The van der Waals surface area contributed by atoms with E-state index in [1.165, 1.54) is 53.6 Å². The maximum absolute atomic E-state index is 12.4. The van der Waals surface area contributed by atoms with Gasteiger partial charge in [-0.3, -0.25) is 9.52 Å². The van der Waals surface area contributed by atoms with E-state index >= 15 is 0 Å². The summed E-state index contributed by atoms with van der Waals surface area (Å²) in [5.41, 5.74) is 0.480. The Labute approximate surface area is 204 Å². The SMILES string of the molecule is Cn1c(COc2ccccc2)nnc1SCC(=O)Nc1ccc(S(=O)(=O)Nc2nccs2)cc1. The van der Waals surface area contributed by atoms with E-state index in [9.17, 15) is 13.2 Å². The molecule has 0 saturated carbocycles. The molecule has 0 aliphatic heterocycles. The van der Waals surface area contributed by atoms with Gasteiger partial charge in [0.25, 0.3) is 10.0 Å². The van der Waals surface area contributed by atoms with Crippen LogP contribution in [0.4, 0.5) is 10.8 Å². The molecule has 0 bridgehead atoms. The standard InChI is InChI=1S/C21H20N6O4S3/c1-27-18(13-31-16-5-3-2-4-6-16)24-25-21(27)33-14-19(28)23-15-7-9-17(10-8-15)34(29,30)26-20-22-11-12-32-20/h2-12H,13-14H2,1H3,(H,22,26)(H,23,28). The third kappa shape index (κ3) is 6.12. The van der Waals surface area contributed by atoms with Gasteiger partial charge in [0.15, 0.2) is 16.1 Å². The fourth-order valence-electron chi connectivity index (χ4n) is 2.75. The minimum atomic E-state index is -3.75. The van der Waals surface area contributed by atoms with Crippen LogP contribution < -0.4 is 14.8 Å². The minimum Gasteiger partial charge on any atom is -0.486 e. The molecule has 0 radical (unpaired) electrons. The van der Waals surface area contributed by atoms with Crippen molar-refractivity contribution in [2.24, 2.45) is 7.05 Å². The second-order valence-corrected chi connectivity index (χ2v) is 10.4. The molecule has 2 N–H and O–H groups in total. The molecule has 0 spiro atoms.